The van der Waals surface area contributed by atoms with Crippen LogP contribution in [0.2, 0.25) is 0 Å². The monoisotopic (exact) mass is 263 g/mol. The van der Waals surface area contributed by atoms with Gasteiger partial charge in [-0.1, -0.05) is 19.0 Å². The van der Waals surface area contributed by atoms with Gasteiger partial charge in [0.25, 0.3) is 0 Å². The molecule has 3 atom stereocenters. The van der Waals surface area contributed by atoms with Crippen molar-refractivity contribution in [3.63, 3.8) is 0 Å². The normalized spacial score (nSPS) is 28.7. The Balaban J connectivity index is 1.60. The number of hydrogen-bond acceptors (Lipinski definition) is 4. The van der Waals surface area contributed by atoms with Crippen LogP contribution in [0.1, 0.15) is 63.6 Å². The molecule has 2 aliphatic rings. The summed E-state index contributed by atoms with van der Waals surface area (Å²) in [6, 6.07) is 0.529. The van der Waals surface area contributed by atoms with E-state index in [2.05, 4.69) is 29.3 Å². The summed E-state index contributed by atoms with van der Waals surface area (Å²) >= 11 is 0. The van der Waals surface area contributed by atoms with E-state index in [9.17, 15) is 0 Å². The summed E-state index contributed by atoms with van der Waals surface area (Å²) in [6.07, 6.45) is 7.33. The van der Waals surface area contributed by atoms with Crippen LogP contribution in [0, 0.1) is 11.8 Å². The Morgan fingerprint density at radius 3 is 2.79 bits per heavy atom. The van der Waals surface area contributed by atoms with E-state index in [0.717, 1.165) is 36.5 Å². The van der Waals surface area contributed by atoms with Gasteiger partial charge in [-0.3, -0.25) is 0 Å². The quantitative estimate of drug-likeness (QED) is 0.857. The third-order valence-corrected chi connectivity index (χ3v) is 4.60. The fourth-order valence-electron chi connectivity index (χ4n) is 3.31. The van der Waals surface area contributed by atoms with Crippen LogP contribution in [0.25, 0.3) is 0 Å². The maximum absolute atomic E-state index is 5.47. The van der Waals surface area contributed by atoms with E-state index in [1.54, 1.807) is 0 Å². The molecular weight excluding hydrogens is 238 g/mol. The minimum absolute atomic E-state index is 0.529. The minimum Gasteiger partial charge on any atom is -0.339 e. The molecule has 2 fully saturated rings. The molecular formula is C15H25N3O. The van der Waals surface area contributed by atoms with E-state index < -0.39 is 0 Å². The van der Waals surface area contributed by atoms with Gasteiger partial charge in [0.05, 0.1) is 0 Å². The molecule has 0 bridgehead atoms. The lowest BCUT2D eigenvalue weighted by atomic mass is 10.1. The van der Waals surface area contributed by atoms with Crippen LogP contribution in [0.5, 0.6) is 0 Å². The fraction of sp³-hybridized carbons (Fsp3) is 0.867. The first-order chi connectivity index (χ1) is 9.26. The molecule has 0 radical (unpaired) electrons. The van der Waals surface area contributed by atoms with Crippen molar-refractivity contribution in [3.05, 3.63) is 11.7 Å². The highest BCUT2D eigenvalue weighted by Gasteiger charge is 2.32. The second kappa shape index (κ2) is 5.61. The molecule has 4 nitrogen and oxygen atoms in total. The number of rotatable bonds is 6. The van der Waals surface area contributed by atoms with Crippen LogP contribution in [-0.4, -0.2) is 22.7 Å². The second-order valence-electron chi connectivity index (χ2n) is 6.37. The van der Waals surface area contributed by atoms with E-state index in [0.29, 0.717) is 12.0 Å². The van der Waals surface area contributed by atoms with Crippen LogP contribution < -0.4 is 5.32 Å². The van der Waals surface area contributed by atoms with E-state index in [-0.39, 0.29) is 0 Å². The standard InChI is InChI=1S/C15H25N3O/c1-3-16-13(11-6-7-11)9-14-17-15(18-19-14)12-5-4-10(2)8-12/h10-13,16H,3-9H2,1-2H3. The van der Waals surface area contributed by atoms with E-state index in [1.165, 1.54) is 32.1 Å². The highest BCUT2D eigenvalue weighted by Crippen LogP contribution is 2.37. The number of hydrogen-bond donors (Lipinski definition) is 1. The molecule has 2 aliphatic carbocycles. The Hall–Kier alpha value is -0.900. The molecule has 1 aromatic heterocycles. The Labute approximate surface area is 115 Å². The predicted octanol–water partition coefficient (Wildman–Crippen LogP) is 2.90. The molecule has 0 saturated heterocycles. The van der Waals surface area contributed by atoms with Crippen LogP contribution in [0.3, 0.4) is 0 Å². The molecule has 19 heavy (non-hydrogen) atoms. The molecule has 1 heterocycles. The predicted molar refractivity (Wildman–Crippen MR) is 73.9 cm³/mol. The van der Waals surface area contributed by atoms with Crippen LogP contribution >= 0.6 is 0 Å². The van der Waals surface area contributed by atoms with E-state index in [4.69, 9.17) is 4.52 Å². The summed E-state index contributed by atoms with van der Waals surface area (Å²) in [5.74, 6) is 3.94. The lowest BCUT2D eigenvalue weighted by Gasteiger charge is -2.14. The van der Waals surface area contributed by atoms with Gasteiger partial charge in [-0.25, -0.2) is 0 Å². The molecule has 4 heteroatoms. The van der Waals surface area contributed by atoms with Crippen molar-refractivity contribution in [2.75, 3.05) is 6.54 Å². The Kier molecular flexibility index (Phi) is 3.87. The molecule has 2 saturated carbocycles. The summed E-state index contributed by atoms with van der Waals surface area (Å²) in [6.45, 7) is 5.49. The van der Waals surface area contributed by atoms with Gasteiger partial charge >= 0.3 is 0 Å². The van der Waals surface area contributed by atoms with Gasteiger partial charge in [-0.15, -0.1) is 0 Å². The first kappa shape index (κ1) is 13.1. The summed E-state index contributed by atoms with van der Waals surface area (Å²) in [7, 11) is 0. The molecule has 1 aromatic rings. The lowest BCUT2D eigenvalue weighted by molar-refractivity contribution is 0.342. The summed E-state index contributed by atoms with van der Waals surface area (Å²) < 4.78 is 5.47. The molecule has 3 unspecified atom stereocenters. The minimum atomic E-state index is 0.529. The lowest BCUT2D eigenvalue weighted by Crippen LogP contribution is -2.33. The van der Waals surface area contributed by atoms with Crippen molar-refractivity contribution in [3.8, 4) is 0 Å². The van der Waals surface area contributed by atoms with Gasteiger partial charge in [0.15, 0.2) is 5.82 Å². The molecule has 106 valence electrons. The Morgan fingerprint density at radius 1 is 1.32 bits per heavy atom. The van der Waals surface area contributed by atoms with Crippen LogP contribution in [-0.2, 0) is 6.42 Å². The van der Waals surface area contributed by atoms with Gasteiger partial charge in [0, 0.05) is 18.4 Å². The number of nitrogens with one attached hydrogen (secondary N) is 1. The number of likely N-dealkylation sites (N-methyl/N-ethyl adjacent to an activating group) is 1. The van der Waals surface area contributed by atoms with Gasteiger partial charge in [-0.2, -0.15) is 4.98 Å². The molecule has 0 amide bonds. The zero-order valence-electron chi connectivity index (χ0n) is 12.1. The van der Waals surface area contributed by atoms with Crippen molar-refractivity contribution in [1.29, 1.82) is 0 Å². The van der Waals surface area contributed by atoms with E-state index in [1.807, 2.05) is 0 Å². The molecule has 0 spiro atoms. The highest BCUT2D eigenvalue weighted by atomic mass is 16.5. The van der Waals surface area contributed by atoms with Crippen molar-refractivity contribution >= 4 is 0 Å². The highest BCUT2D eigenvalue weighted by molar-refractivity contribution is 5.01. The third-order valence-electron chi connectivity index (χ3n) is 4.60. The first-order valence-electron chi connectivity index (χ1n) is 7.82. The first-order valence-corrected chi connectivity index (χ1v) is 7.82. The zero-order valence-corrected chi connectivity index (χ0v) is 12.1. The Morgan fingerprint density at radius 2 is 2.16 bits per heavy atom. The Bertz CT molecular complexity index is 413. The number of aromatic nitrogens is 2. The van der Waals surface area contributed by atoms with E-state index >= 15 is 0 Å². The van der Waals surface area contributed by atoms with Gasteiger partial charge < -0.3 is 9.84 Å². The maximum Gasteiger partial charge on any atom is 0.228 e. The molecule has 0 aromatic carbocycles. The fourth-order valence-corrected chi connectivity index (χ4v) is 3.31. The summed E-state index contributed by atoms with van der Waals surface area (Å²) in [4.78, 5) is 4.64. The van der Waals surface area contributed by atoms with Crippen molar-refractivity contribution < 1.29 is 4.52 Å². The third kappa shape index (κ3) is 3.16. The van der Waals surface area contributed by atoms with Gasteiger partial charge in [0.2, 0.25) is 5.89 Å². The number of nitrogens with zero attached hydrogens (tertiary/aromatic N) is 2. The summed E-state index contributed by atoms with van der Waals surface area (Å²) in [5.41, 5.74) is 0. The summed E-state index contributed by atoms with van der Waals surface area (Å²) in [5, 5.41) is 7.76. The molecule has 1 N–H and O–H groups in total. The van der Waals surface area contributed by atoms with Crippen LogP contribution in [0.15, 0.2) is 4.52 Å². The molecule has 0 aliphatic heterocycles. The largest absolute Gasteiger partial charge is 0.339 e. The SMILES string of the molecule is CCNC(Cc1nc(C2CCC(C)C2)no1)C1CC1. The maximum atomic E-state index is 5.47. The zero-order chi connectivity index (χ0) is 13.2. The molecule has 3 rings (SSSR count). The van der Waals surface area contributed by atoms with Crippen LogP contribution in [0.4, 0.5) is 0 Å². The second-order valence-corrected chi connectivity index (χ2v) is 6.37. The smallest absolute Gasteiger partial charge is 0.228 e. The van der Waals surface area contributed by atoms with Crippen molar-refractivity contribution in [2.24, 2.45) is 11.8 Å². The topological polar surface area (TPSA) is 51.0 Å². The average molecular weight is 263 g/mol. The van der Waals surface area contributed by atoms with Gasteiger partial charge in [0.1, 0.15) is 0 Å². The van der Waals surface area contributed by atoms with Gasteiger partial charge in [-0.05, 0) is 50.5 Å². The van der Waals surface area contributed by atoms with Crippen molar-refractivity contribution in [2.45, 2.75) is 64.3 Å². The van der Waals surface area contributed by atoms with Crippen molar-refractivity contribution in [1.82, 2.24) is 15.5 Å². The average Bonchev–Trinajstić information content (AvgIpc) is 2.99.